The first-order chi connectivity index (χ1) is 12.6. The molecule has 0 spiro atoms. The largest absolute Gasteiger partial charge is 0.277 e. The van der Waals surface area contributed by atoms with E-state index in [1.54, 1.807) is 30.3 Å². The van der Waals surface area contributed by atoms with E-state index in [0.717, 1.165) is 16.0 Å². The molecular formula is C20H10N2O4. The lowest BCUT2D eigenvalue weighted by molar-refractivity contribution is -0.383. The first-order valence-electron chi connectivity index (χ1n) is 7.97. The number of carbonyl (C=O) groups is 2. The molecule has 1 aliphatic heterocycles. The highest BCUT2D eigenvalue weighted by atomic mass is 16.6. The number of imide groups is 1. The van der Waals surface area contributed by atoms with Gasteiger partial charge in [-0.05, 0) is 41.5 Å². The lowest BCUT2D eigenvalue weighted by atomic mass is 9.92. The molecule has 0 fully saturated rings. The standard InChI is InChI=1S/C20H10N2O4/c23-19-15-3-1-2-14-17(22(25)26)9-8-16(18(14)15)20(24)21(19)13-7-6-11-4-5-12(11)10-13/h1-10H. The van der Waals surface area contributed by atoms with E-state index in [4.69, 9.17) is 0 Å². The van der Waals surface area contributed by atoms with Crippen molar-refractivity contribution in [2.24, 2.45) is 0 Å². The summed E-state index contributed by atoms with van der Waals surface area (Å²) in [5.74, 6) is -0.950. The molecule has 1 aliphatic carbocycles. The second-order valence-corrected chi connectivity index (χ2v) is 6.21. The first kappa shape index (κ1) is 14.5. The molecule has 0 N–H and O–H groups in total. The number of carbonyl (C=O) groups excluding carboxylic acids is 2. The minimum Gasteiger partial charge on any atom is -0.268 e. The van der Waals surface area contributed by atoms with E-state index in [2.05, 4.69) is 0 Å². The molecular weight excluding hydrogens is 332 g/mol. The maximum Gasteiger partial charge on any atom is 0.277 e. The van der Waals surface area contributed by atoms with Crippen LogP contribution in [-0.4, -0.2) is 16.7 Å². The summed E-state index contributed by atoms with van der Waals surface area (Å²) >= 11 is 0. The third-order valence-corrected chi connectivity index (χ3v) is 4.85. The van der Waals surface area contributed by atoms with Gasteiger partial charge in [0.25, 0.3) is 17.5 Å². The average molecular weight is 342 g/mol. The molecule has 26 heavy (non-hydrogen) atoms. The Morgan fingerprint density at radius 1 is 0.846 bits per heavy atom. The van der Waals surface area contributed by atoms with E-state index in [1.807, 2.05) is 18.2 Å². The summed E-state index contributed by atoms with van der Waals surface area (Å²) in [7, 11) is 0. The molecule has 1 heterocycles. The fourth-order valence-electron chi connectivity index (χ4n) is 3.56. The zero-order chi connectivity index (χ0) is 18.0. The van der Waals surface area contributed by atoms with Gasteiger partial charge < -0.3 is 0 Å². The predicted octanol–water partition coefficient (Wildman–Crippen LogP) is 4.03. The second-order valence-electron chi connectivity index (χ2n) is 6.21. The third kappa shape index (κ3) is 1.75. The number of non-ortho nitro benzene ring substituents is 1. The number of rotatable bonds is 2. The lowest BCUT2D eigenvalue weighted by Crippen LogP contribution is -2.40. The van der Waals surface area contributed by atoms with E-state index >= 15 is 0 Å². The molecule has 2 aliphatic rings. The van der Waals surface area contributed by atoms with Gasteiger partial charge in [-0.1, -0.05) is 24.3 Å². The lowest BCUT2D eigenvalue weighted by Gasteiger charge is -2.28. The van der Waals surface area contributed by atoms with Crippen LogP contribution in [-0.2, 0) is 0 Å². The van der Waals surface area contributed by atoms with Crippen LogP contribution in [0.3, 0.4) is 0 Å². The van der Waals surface area contributed by atoms with Crippen molar-refractivity contribution in [1.82, 2.24) is 0 Å². The third-order valence-electron chi connectivity index (χ3n) is 4.85. The van der Waals surface area contributed by atoms with E-state index in [-0.39, 0.29) is 5.69 Å². The van der Waals surface area contributed by atoms with Crippen molar-refractivity contribution in [3.63, 3.8) is 0 Å². The highest BCUT2D eigenvalue weighted by Crippen LogP contribution is 2.38. The fraction of sp³-hybridized carbons (Fsp3) is 0. The van der Waals surface area contributed by atoms with Crippen molar-refractivity contribution in [1.29, 1.82) is 0 Å². The minimum atomic E-state index is -0.506. The Balaban J connectivity index is 1.75. The SMILES string of the molecule is O=C1c2cccc3c([N+](=O)[O-])ccc(c23)C(=O)N1c1ccc2c(c1)C=C2. The summed E-state index contributed by atoms with van der Waals surface area (Å²) < 4.78 is 0. The molecule has 5 rings (SSSR count). The highest BCUT2D eigenvalue weighted by molar-refractivity contribution is 6.36. The number of hydrogen-bond donors (Lipinski definition) is 0. The van der Waals surface area contributed by atoms with Crippen molar-refractivity contribution >= 4 is 46.1 Å². The number of nitrogens with zero attached hydrogens (tertiary/aromatic N) is 2. The van der Waals surface area contributed by atoms with Gasteiger partial charge in [-0.15, -0.1) is 0 Å². The Morgan fingerprint density at radius 3 is 2.23 bits per heavy atom. The maximum absolute atomic E-state index is 13.0. The van der Waals surface area contributed by atoms with Crippen LogP contribution in [0.2, 0.25) is 0 Å². The summed E-state index contributed by atoms with van der Waals surface area (Å²) in [4.78, 5) is 38.0. The number of fused-ring (bicyclic) bond motifs is 1. The van der Waals surface area contributed by atoms with Gasteiger partial charge in [-0.2, -0.15) is 0 Å². The Bertz CT molecular complexity index is 1190. The quantitative estimate of drug-likeness (QED) is 0.313. The van der Waals surface area contributed by atoms with Gasteiger partial charge in [-0.25, -0.2) is 4.90 Å². The topological polar surface area (TPSA) is 80.5 Å². The number of nitro benzene ring substituents is 1. The monoisotopic (exact) mass is 342 g/mol. The van der Waals surface area contributed by atoms with Gasteiger partial charge in [0, 0.05) is 22.6 Å². The molecule has 3 aromatic carbocycles. The average Bonchev–Trinajstić information content (AvgIpc) is 2.61. The Labute approximate surface area is 147 Å². The molecule has 3 aromatic rings. The van der Waals surface area contributed by atoms with Crippen LogP contribution in [0.15, 0.2) is 48.5 Å². The van der Waals surface area contributed by atoms with Crippen LogP contribution in [0.25, 0.3) is 22.9 Å². The molecule has 124 valence electrons. The van der Waals surface area contributed by atoms with Gasteiger partial charge in [0.1, 0.15) is 0 Å². The molecule has 0 aromatic heterocycles. The summed E-state index contributed by atoms with van der Waals surface area (Å²) in [6.45, 7) is 0. The molecule has 6 heteroatoms. The smallest absolute Gasteiger partial charge is 0.268 e. The van der Waals surface area contributed by atoms with Gasteiger partial charge in [0.05, 0.1) is 16.0 Å². The number of hydrogen-bond acceptors (Lipinski definition) is 4. The van der Waals surface area contributed by atoms with Crippen LogP contribution >= 0.6 is 0 Å². The first-order valence-corrected chi connectivity index (χ1v) is 7.97. The number of nitro groups is 1. The zero-order valence-electron chi connectivity index (χ0n) is 13.3. The highest BCUT2D eigenvalue weighted by Gasteiger charge is 2.35. The molecule has 0 atom stereocenters. The van der Waals surface area contributed by atoms with E-state index in [0.29, 0.717) is 27.6 Å². The summed E-state index contributed by atoms with van der Waals surface area (Å²) in [6.07, 6.45) is 3.86. The van der Waals surface area contributed by atoms with Gasteiger partial charge in [-0.3, -0.25) is 19.7 Å². The fourth-order valence-corrected chi connectivity index (χ4v) is 3.56. The van der Waals surface area contributed by atoms with Gasteiger partial charge in [0.2, 0.25) is 0 Å². The maximum atomic E-state index is 13.0. The Hall–Kier alpha value is -3.80. The molecule has 0 saturated carbocycles. The van der Waals surface area contributed by atoms with Crippen LogP contribution < -0.4 is 4.90 Å². The zero-order valence-corrected chi connectivity index (χ0v) is 13.3. The molecule has 0 unspecified atom stereocenters. The van der Waals surface area contributed by atoms with Crippen LogP contribution in [0.1, 0.15) is 31.8 Å². The number of amides is 2. The Kier molecular flexibility index (Phi) is 2.72. The van der Waals surface area contributed by atoms with Crippen molar-refractivity contribution < 1.29 is 14.5 Å². The second kappa shape index (κ2) is 4.86. The van der Waals surface area contributed by atoms with Crippen LogP contribution in [0.4, 0.5) is 11.4 Å². The Morgan fingerprint density at radius 2 is 1.58 bits per heavy atom. The number of anilines is 1. The summed E-state index contributed by atoms with van der Waals surface area (Å²) in [5, 5.41) is 11.9. The summed E-state index contributed by atoms with van der Waals surface area (Å²) in [5.41, 5.74) is 2.98. The van der Waals surface area contributed by atoms with Gasteiger partial charge >= 0.3 is 0 Å². The van der Waals surface area contributed by atoms with Crippen molar-refractivity contribution in [3.05, 3.63) is 80.9 Å². The van der Waals surface area contributed by atoms with E-state index in [9.17, 15) is 19.7 Å². The molecule has 6 nitrogen and oxygen atoms in total. The van der Waals surface area contributed by atoms with Crippen LogP contribution in [0.5, 0.6) is 0 Å². The van der Waals surface area contributed by atoms with E-state index < -0.39 is 16.7 Å². The van der Waals surface area contributed by atoms with Crippen molar-refractivity contribution in [3.8, 4) is 0 Å². The van der Waals surface area contributed by atoms with Gasteiger partial charge in [0.15, 0.2) is 0 Å². The summed E-state index contributed by atoms with van der Waals surface area (Å²) in [6, 6.07) is 12.9. The van der Waals surface area contributed by atoms with Crippen molar-refractivity contribution in [2.75, 3.05) is 4.90 Å². The number of benzene rings is 3. The molecule has 0 saturated heterocycles. The molecule has 0 bridgehead atoms. The molecule has 0 radical (unpaired) electrons. The molecule has 2 amide bonds. The predicted molar refractivity (Wildman–Crippen MR) is 97.1 cm³/mol. The van der Waals surface area contributed by atoms with Crippen molar-refractivity contribution in [2.45, 2.75) is 0 Å². The van der Waals surface area contributed by atoms with E-state index in [1.165, 1.54) is 12.1 Å². The normalized spacial score (nSPS) is 14.4. The van der Waals surface area contributed by atoms with Crippen LogP contribution in [0, 0.1) is 10.1 Å². The minimum absolute atomic E-state index is 0.120.